The third kappa shape index (κ3) is 4.51. The number of nitrogens with zero attached hydrogens (tertiary/aromatic N) is 3. The summed E-state index contributed by atoms with van der Waals surface area (Å²) in [6.07, 6.45) is 5.59. The first-order chi connectivity index (χ1) is 15.2. The van der Waals surface area contributed by atoms with Crippen molar-refractivity contribution in [3.63, 3.8) is 0 Å². The summed E-state index contributed by atoms with van der Waals surface area (Å²) in [4.78, 5) is 21.7. The molecule has 2 aromatic carbocycles. The minimum atomic E-state index is -0.177. The van der Waals surface area contributed by atoms with Gasteiger partial charge in [-0.2, -0.15) is 0 Å². The number of imidazole rings is 1. The summed E-state index contributed by atoms with van der Waals surface area (Å²) in [5.74, 6) is 1.62. The van der Waals surface area contributed by atoms with Gasteiger partial charge in [0.25, 0.3) is 5.91 Å². The van der Waals surface area contributed by atoms with Gasteiger partial charge in [0.1, 0.15) is 18.2 Å². The van der Waals surface area contributed by atoms with E-state index in [-0.39, 0.29) is 5.91 Å². The van der Waals surface area contributed by atoms with Crippen LogP contribution in [0.5, 0.6) is 5.75 Å². The molecule has 0 fully saturated rings. The van der Waals surface area contributed by atoms with Gasteiger partial charge in [-0.1, -0.05) is 18.2 Å². The Labute approximate surface area is 184 Å². The Morgan fingerprint density at radius 1 is 1.16 bits per heavy atom. The van der Waals surface area contributed by atoms with Gasteiger partial charge in [0.2, 0.25) is 0 Å². The van der Waals surface area contributed by atoms with E-state index >= 15 is 0 Å². The van der Waals surface area contributed by atoms with E-state index in [2.05, 4.69) is 21.1 Å². The Morgan fingerprint density at radius 3 is 2.87 bits per heavy atom. The molecule has 0 aliphatic carbocycles. The van der Waals surface area contributed by atoms with Gasteiger partial charge in [0.05, 0.1) is 16.9 Å². The van der Waals surface area contributed by atoms with Crippen molar-refractivity contribution < 1.29 is 9.53 Å². The second-order valence-electron chi connectivity index (χ2n) is 7.52. The van der Waals surface area contributed by atoms with Crippen LogP contribution in [0.2, 0.25) is 0 Å². The summed E-state index contributed by atoms with van der Waals surface area (Å²) in [6, 6.07) is 15.0. The maximum Gasteiger partial charge on any atom is 0.255 e. The van der Waals surface area contributed by atoms with Crippen LogP contribution < -0.4 is 10.1 Å². The van der Waals surface area contributed by atoms with Crippen LogP contribution in [0.1, 0.15) is 34.7 Å². The molecule has 0 atom stereocenters. The van der Waals surface area contributed by atoms with Crippen molar-refractivity contribution in [3.05, 3.63) is 82.7 Å². The molecule has 0 saturated heterocycles. The van der Waals surface area contributed by atoms with Crippen LogP contribution in [-0.4, -0.2) is 20.4 Å². The Morgan fingerprint density at radius 2 is 2.06 bits per heavy atom. The quantitative estimate of drug-likeness (QED) is 0.458. The van der Waals surface area contributed by atoms with E-state index in [9.17, 15) is 4.79 Å². The van der Waals surface area contributed by atoms with Crippen molar-refractivity contribution in [1.29, 1.82) is 0 Å². The van der Waals surface area contributed by atoms with E-state index in [0.717, 1.165) is 41.4 Å². The third-order valence-corrected chi connectivity index (χ3v) is 5.95. The molecule has 0 unspecified atom stereocenters. The molecule has 1 aliphatic heterocycles. The van der Waals surface area contributed by atoms with Crippen molar-refractivity contribution in [2.45, 2.75) is 32.4 Å². The van der Waals surface area contributed by atoms with E-state index in [4.69, 9.17) is 9.72 Å². The van der Waals surface area contributed by atoms with Crippen LogP contribution in [0.15, 0.2) is 65.6 Å². The summed E-state index contributed by atoms with van der Waals surface area (Å²) in [6.45, 7) is 1.43. The van der Waals surface area contributed by atoms with Gasteiger partial charge in [-0.3, -0.25) is 4.79 Å². The number of benzene rings is 2. The van der Waals surface area contributed by atoms with Gasteiger partial charge in [-0.05, 0) is 43.2 Å². The third-order valence-electron chi connectivity index (χ3n) is 5.31. The van der Waals surface area contributed by atoms with Crippen molar-refractivity contribution in [1.82, 2.24) is 14.5 Å². The number of amides is 1. The number of aryl methyl sites for hydroxylation is 2. The highest BCUT2D eigenvalue weighted by atomic mass is 32.1. The predicted molar refractivity (Wildman–Crippen MR) is 121 cm³/mol. The Hall–Kier alpha value is -3.45. The number of carbonyl (C=O) groups is 1. The summed E-state index contributed by atoms with van der Waals surface area (Å²) < 4.78 is 7.99. The molecule has 31 heavy (non-hydrogen) atoms. The number of ether oxygens (including phenoxy) is 1. The fourth-order valence-electron chi connectivity index (χ4n) is 3.67. The molecule has 3 heterocycles. The maximum absolute atomic E-state index is 12.7. The van der Waals surface area contributed by atoms with Crippen LogP contribution in [0, 0.1) is 0 Å². The lowest BCUT2D eigenvalue weighted by Crippen LogP contribution is -2.12. The average molecular weight is 431 g/mol. The number of thiazole rings is 1. The minimum absolute atomic E-state index is 0.177. The monoisotopic (exact) mass is 430 g/mol. The Bertz CT molecular complexity index is 1160. The number of fused-ring (bicyclic) bond motifs is 1. The van der Waals surface area contributed by atoms with Crippen LogP contribution in [0.25, 0.3) is 11.3 Å². The number of hydrogen-bond donors (Lipinski definition) is 1. The van der Waals surface area contributed by atoms with Crippen molar-refractivity contribution in [3.8, 4) is 17.0 Å². The molecule has 1 amide bonds. The van der Waals surface area contributed by atoms with E-state index in [0.29, 0.717) is 17.9 Å². The lowest BCUT2D eigenvalue weighted by atomic mass is 10.1. The molecule has 5 rings (SSSR count). The van der Waals surface area contributed by atoms with E-state index in [1.54, 1.807) is 17.6 Å². The zero-order valence-corrected chi connectivity index (χ0v) is 17.8. The van der Waals surface area contributed by atoms with E-state index in [1.165, 1.54) is 24.2 Å². The van der Waals surface area contributed by atoms with Crippen LogP contribution >= 0.6 is 11.3 Å². The lowest BCUT2D eigenvalue weighted by Gasteiger charge is -2.11. The summed E-state index contributed by atoms with van der Waals surface area (Å²) in [7, 11) is 0. The predicted octanol–water partition coefficient (Wildman–Crippen LogP) is 5.17. The van der Waals surface area contributed by atoms with Crippen molar-refractivity contribution in [2.75, 3.05) is 5.32 Å². The molecule has 0 saturated carbocycles. The molecule has 7 heteroatoms. The summed E-state index contributed by atoms with van der Waals surface area (Å²) in [5, 5.41) is 4.90. The van der Waals surface area contributed by atoms with Crippen LogP contribution in [0.3, 0.4) is 0 Å². The number of carbonyl (C=O) groups excluding carboxylic acids is 1. The molecule has 0 spiro atoms. The average Bonchev–Trinajstić information content (AvgIpc) is 3.48. The van der Waals surface area contributed by atoms with Crippen LogP contribution in [0.4, 0.5) is 5.69 Å². The zero-order chi connectivity index (χ0) is 21.0. The van der Waals surface area contributed by atoms with Crippen molar-refractivity contribution in [2.24, 2.45) is 0 Å². The van der Waals surface area contributed by atoms with Gasteiger partial charge in [-0.15, -0.1) is 11.3 Å². The molecular formula is C24H22N4O2S. The summed E-state index contributed by atoms with van der Waals surface area (Å²) in [5.41, 5.74) is 5.97. The molecule has 0 bridgehead atoms. The highest BCUT2D eigenvalue weighted by molar-refractivity contribution is 7.07. The fourth-order valence-corrected chi connectivity index (χ4v) is 4.22. The highest BCUT2D eigenvalue weighted by Gasteiger charge is 2.13. The second kappa shape index (κ2) is 8.73. The first kappa shape index (κ1) is 19.5. The molecule has 6 nitrogen and oxygen atoms in total. The SMILES string of the molecule is O=C(Nc1ccc(-c2cn3c(n2)CCCC3)cc1)c1cccc(OCc2cscn2)c1. The van der Waals surface area contributed by atoms with E-state index < -0.39 is 0 Å². The highest BCUT2D eigenvalue weighted by Crippen LogP contribution is 2.24. The van der Waals surface area contributed by atoms with E-state index in [1.807, 2.05) is 41.8 Å². The van der Waals surface area contributed by atoms with Gasteiger partial charge >= 0.3 is 0 Å². The molecule has 156 valence electrons. The first-order valence-corrected chi connectivity index (χ1v) is 11.3. The first-order valence-electron chi connectivity index (χ1n) is 10.3. The lowest BCUT2D eigenvalue weighted by molar-refractivity contribution is 0.102. The molecule has 4 aromatic rings. The molecule has 2 aromatic heterocycles. The molecule has 0 radical (unpaired) electrons. The minimum Gasteiger partial charge on any atom is -0.487 e. The largest absolute Gasteiger partial charge is 0.487 e. The fraction of sp³-hybridized carbons (Fsp3) is 0.208. The number of rotatable bonds is 6. The van der Waals surface area contributed by atoms with Gasteiger partial charge in [0.15, 0.2) is 0 Å². The second-order valence-corrected chi connectivity index (χ2v) is 8.24. The van der Waals surface area contributed by atoms with Crippen molar-refractivity contribution >= 4 is 22.9 Å². The number of aromatic nitrogens is 3. The molecule has 1 aliphatic rings. The smallest absolute Gasteiger partial charge is 0.255 e. The Kier molecular flexibility index (Phi) is 5.50. The van der Waals surface area contributed by atoms with Gasteiger partial charge in [-0.25, -0.2) is 9.97 Å². The Balaban J connectivity index is 1.24. The number of hydrogen-bond acceptors (Lipinski definition) is 5. The maximum atomic E-state index is 12.7. The number of nitrogens with one attached hydrogen (secondary N) is 1. The van der Waals surface area contributed by atoms with Gasteiger partial charge < -0.3 is 14.6 Å². The normalized spacial score (nSPS) is 12.9. The topological polar surface area (TPSA) is 69.0 Å². The zero-order valence-electron chi connectivity index (χ0n) is 17.0. The standard InChI is InChI=1S/C24H22N4O2S/c29-24(18-4-3-5-21(12-18)30-14-20-15-31-16-25-20)26-19-9-7-17(8-10-19)22-13-28-11-2-1-6-23(28)27-22/h3-5,7-10,12-13,15-16H,1-2,6,11,14H2,(H,26,29). The molecular weight excluding hydrogens is 408 g/mol. The summed E-state index contributed by atoms with van der Waals surface area (Å²) >= 11 is 1.53. The molecule has 1 N–H and O–H groups in total. The number of anilines is 1. The van der Waals surface area contributed by atoms with Crippen LogP contribution in [-0.2, 0) is 19.6 Å². The van der Waals surface area contributed by atoms with Gasteiger partial charge in [0, 0.05) is 41.4 Å².